The summed E-state index contributed by atoms with van der Waals surface area (Å²) in [4.78, 5) is 11.0. The molecule has 0 aliphatic rings. The minimum atomic E-state index is -1.24. The number of aromatic carboxylic acids is 1. The average Bonchev–Trinajstić information content (AvgIpc) is 3.04. The van der Waals surface area contributed by atoms with Crippen LogP contribution in [-0.2, 0) is 0 Å². The number of carboxylic acid groups (broad SMARTS) is 1. The van der Waals surface area contributed by atoms with Crippen molar-refractivity contribution in [1.29, 1.82) is 0 Å². The second kappa shape index (κ2) is 4.29. The summed E-state index contributed by atoms with van der Waals surface area (Å²) in [5.41, 5.74) is 0.549. The molecule has 96 valence electrons. The number of carbonyl (C=O) groups is 1. The van der Waals surface area contributed by atoms with Crippen molar-refractivity contribution in [3.05, 3.63) is 59.7 Å². The minimum absolute atomic E-state index is 0.0356. The Labute approximate surface area is 107 Å². The molecule has 0 aliphatic carbocycles. The SMILES string of the molecule is O=C(O)c1ccoc1C(O)c1cc2ccccc2o1. The third-order valence-corrected chi connectivity index (χ3v) is 2.89. The van der Waals surface area contributed by atoms with Crippen LogP contribution in [0.3, 0.4) is 0 Å². The number of furan rings is 2. The smallest absolute Gasteiger partial charge is 0.339 e. The van der Waals surface area contributed by atoms with Crippen molar-refractivity contribution < 1.29 is 23.8 Å². The molecule has 5 heteroatoms. The maximum absolute atomic E-state index is 11.0. The van der Waals surface area contributed by atoms with E-state index in [1.807, 2.05) is 18.2 Å². The highest BCUT2D eigenvalue weighted by Crippen LogP contribution is 2.30. The normalized spacial score (nSPS) is 12.7. The van der Waals surface area contributed by atoms with Crippen molar-refractivity contribution in [2.24, 2.45) is 0 Å². The van der Waals surface area contributed by atoms with Gasteiger partial charge in [0.05, 0.1) is 6.26 Å². The van der Waals surface area contributed by atoms with E-state index in [0.29, 0.717) is 5.58 Å². The molecule has 0 saturated heterocycles. The predicted molar refractivity (Wildman–Crippen MR) is 65.9 cm³/mol. The molecule has 0 spiro atoms. The summed E-state index contributed by atoms with van der Waals surface area (Å²) in [6, 6.07) is 10.2. The van der Waals surface area contributed by atoms with Crippen molar-refractivity contribution in [2.75, 3.05) is 0 Å². The van der Waals surface area contributed by atoms with Crippen LogP contribution in [0.1, 0.15) is 28.0 Å². The summed E-state index contributed by atoms with van der Waals surface area (Å²) in [5, 5.41) is 20.0. The van der Waals surface area contributed by atoms with Crippen LogP contribution in [-0.4, -0.2) is 16.2 Å². The van der Waals surface area contributed by atoms with E-state index in [9.17, 15) is 9.90 Å². The molecule has 5 nitrogen and oxygen atoms in total. The number of hydrogen-bond acceptors (Lipinski definition) is 4. The maximum Gasteiger partial charge on any atom is 0.339 e. The van der Waals surface area contributed by atoms with Gasteiger partial charge in [-0.2, -0.15) is 0 Å². The molecule has 2 N–H and O–H groups in total. The number of rotatable bonds is 3. The van der Waals surface area contributed by atoms with Crippen molar-refractivity contribution in [1.82, 2.24) is 0 Å². The van der Waals surface area contributed by atoms with Gasteiger partial charge in [-0.05, 0) is 18.2 Å². The van der Waals surface area contributed by atoms with Crippen molar-refractivity contribution in [2.45, 2.75) is 6.10 Å². The molecule has 1 atom stereocenters. The first-order valence-corrected chi connectivity index (χ1v) is 5.64. The standard InChI is InChI=1S/C14H10O5/c15-12(13-9(14(16)17)5-6-18-13)11-7-8-3-1-2-4-10(8)19-11/h1-7,12,15H,(H,16,17). The number of hydrogen-bond donors (Lipinski definition) is 2. The van der Waals surface area contributed by atoms with Gasteiger partial charge in [-0.1, -0.05) is 18.2 Å². The molecular formula is C14H10O5. The number of fused-ring (bicyclic) bond motifs is 1. The Morgan fingerprint density at radius 1 is 1.21 bits per heavy atom. The summed E-state index contributed by atoms with van der Waals surface area (Å²) < 4.78 is 10.5. The Kier molecular flexibility index (Phi) is 2.61. The van der Waals surface area contributed by atoms with Crippen molar-refractivity contribution in [3.63, 3.8) is 0 Å². The Morgan fingerprint density at radius 2 is 2.00 bits per heavy atom. The van der Waals surface area contributed by atoms with Crippen LogP contribution >= 0.6 is 0 Å². The minimum Gasteiger partial charge on any atom is -0.478 e. The van der Waals surface area contributed by atoms with Crippen molar-refractivity contribution in [3.8, 4) is 0 Å². The second-order valence-corrected chi connectivity index (χ2v) is 4.09. The molecule has 2 heterocycles. The van der Waals surface area contributed by atoms with Gasteiger partial charge in [-0.15, -0.1) is 0 Å². The molecule has 0 amide bonds. The van der Waals surface area contributed by atoms with Gasteiger partial charge in [0.1, 0.15) is 16.9 Å². The number of aliphatic hydroxyl groups is 1. The largest absolute Gasteiger partial charge is 0.478 e. The van der Waals surface area contributed by atoms with Gasteiger partial charge in [-0.25, -0.2) is 4.79 Å². The van der Waals surface area contributed by atoms with Crippen LogP contribution in [0.2, 0.25) is 0 Å². The van der Waals surface area contributed by atoms with Gasteiger partial charge in [0.15, 0.2) is 11.9 Å². The van der Waals surface area contributed by atoms with Crippen LogP contribution in [0.15, 0.2) is 51.5 Å². The molecule has 0 saturated carbocycles. The number of benzene rings is 1. The molecule has 1 aromatic carbocycles. The summed E-state index contributed by atoms with van der Waals surface area (Å²) in [6.45, 7) is 0. The van der Waals surface area contributed by atoms with Crippen LogP contribution in [0.4, 0.5) is 0 Å². The van der Waals surface area contributed by atoms with Gasteiger partial charge >= 0.3 is 5.97 Å². The van der Waals surface area contributed by atoms with E-state index in [0.717, 1.165) is 5.39 Å². The lowest BCUT2D eigenvalue weighted by molar-refractivity contribution is 0.0686. The zero-order chi connectivity index (χ0) is 13.4. The van der Waals surface area contributed by atoms with E-state index < -0.39 is 12.1 Å². The second-order valence-electron chi connectivity index (χ2n) is 4.09. The number of aliphatic hydroxyl groups excluding tert-OH is 1. The first kappa shape index (κ1) is 11.6. The molecule has 2 aromatic heterocycles. The highest BCUT2D eigenvalue weighted by atomic mass is 16.4. The summed E-state index contributed by atoms with van der Waals surface area (Å²) in [6.07, 6.45) is -0.0153. The number of carboxylic acids is 1. The third-order valence-electron chi connectivity index (χ3n) is 2.89. The molecule has 19 heavy (non-hydrogen) atoms. The molecular weight excluding hydrogens is 248 g/mol. The van der Waals surface area contributed by atoms with Crippen LogP contribution < -0.4 is 0 Å². The van der Waals surface area contributed by atoms with Crippen LogP contribution in [0, 0.1) is 0 Å². The summed E-state index contributed by atoms with van der Waals surface area (Å²) in [5.74, 6) is -0.941. The number of para-hydroxylation sites is 1. The Morgan fingerprint density at radius 3 is 2.74 bits per heavy atom. The lowest BCUT2D eigenvalue weighted by atomic mass is 10.1. The zero-order valence-corrected chi connectivity index (χ0v) is 9.74. The molecule has 0 aliphatic heterocycles. The maximum atomic E-state index is 11.0. The van der Waals surface area contributed by atoms with E-state index in [2.05, 4.69) is 0 Å². The molecule has 0 fully saturated rings. The third kappa shape index (κ3) is 1.90. The van der Waals surface area contributed by atoms with Gasteiger partial charge in [0.2, 0.25) is 0 Å². The van der Waals surface area contributed by atoms with Gasteiger partial charge in [0, 0.05) is 5.39 Å². The van der Waals surface area contributed by atoms with Crippen molar-refractivity contribution >= 4 is 16.9 Å². The first-order valence-electron chi connectivity index (χ1n) is 5.64. The Balaban J connectivity index is 2.05. The molecule has 3 aromatic rings. The van der Waals surface area contributed by atoms with E-state index in [4.69, 9.17) is 13.9 Å². The quantitative estimate of drug-likeness (QED) is 0.754. The van der Waals surface area contributed by atoms with Gasteiger partial charge in [0.25, 0.3) is 0 Å². The van der Waals surface area contributed by atoms with Gasteiger partial charge < -0.3 is 19.0 Å². The van der Waals surface area contributed by atoms with E-state index >= 15 is 0 Å². The van der Waals surface area contributed by atoms with Gasteiger partial charge in [-0.3, -0.25) is 0 Å². The molecule has 3 rings (SSSR count). The zero-order valence-electron chi connectivity index (χ0n) is 9.74. The highest BCUT2D eigenvalue weighted by molar-refractivity contribution is 5.89. The van der Waals surface area contributed by atoms with Crippen LogP contribution in [0.25, 0.3) is 11.0 Å². The monoisotopic (exact) mass is 258 g/mol. The molecule has 1 unspecified atom stereocenters. The van der Waals surface area contributed by atoms with E-state index in [1.54, 1.807) is 12.1 Å². The van der Waals surface area contributed by atoms with E-state index in [-0.39, 0.29) is 17.1 Å². The average molecular weight is 258 g/mol. The Hall–Kier alpha value is -2.53. The van der Waals surface area contributed by atoms with Crippen LogP contribution in [0.5, 0.6) is 0 Å². The molecule has 0 bridgehead atoms. The lowest BCUT2D eigenvalue weighted by Gasteiger charge is -2.05. The topological polar surface area (TPSA) is 83.8 Å². The summed E-state index contributed by atoms with van der Waals surface area (Å²) >= 11 is 0. The van der Waals surface area contributed by atoms with E-state index in [1.165, 1.54) is 12.3 Å². The fourth-order valence-corrected chi connectivity index (χ4v) is 1.98. The lowest BCUT2D eigenvalue weighted by Crippen LogP contribution is -2.04. The highest BCUT2D eigenvalue weighted by Gasteiger charge is 2.24. The Bertz CT molecular complexity index is 704. The first-order chi connectivity index (χ1) is 9.16. The molecule has 0 radical (unpaired) electrons. The fraction of sp³-hybridized carbons (Fsp3) is 0.0714. The fourth-order valence-electron chi connectivity index (χ4n) is 1.98. The predicted octanol–water partition coefficient (Wildman–Crippen LogP) is 2.81. The summed E-state index contributed by atoms with van der Waals surface area (Å²) in [7, 11) is 0.